The summed E-state index contributed by atoms with van der Waals surface area (Å²) in [5, 5.41) is 3.87. The Hall–Kier alpha value is -2.85. The van der Waals surface area contributed by atoms with Crippen LogP contribution in [0, 0.1) is 0 Å². The predicted octanol–water partition coefficient (Wildman–Crippen LogP) is 3.65. The van der Waals surface area contributed by atoms with Gasteiger partial charge in [0.2, 0.25) is 5.95 Å². The van der Waals surface area contributed by atoms with Crippen molar-refractivity contribution in [3.05, 3.63) is 42.2 Å². The second-order valence-electron chi connectivity index (χ2n) is 6.65. The van der Waals surface area contributed by atoms with Gasteiger partial charge in [-0.2, -0.15) is 18.2 Å². The average molecular weight is 407 g/mol. The van der Waals surface area contributed by atoms with Crippen LogP contribution in [0.2, 0.25) is 0 Å². The van der Waals surface area contributed by atoms with E-state index in [1.165, 1.54) is 24.1 Å². The molecule has 29 heavy (non-hydrogen) atoms. The summed E-state index contributed by atoms with van der Waals surface area (Å²) in [7, 11) is 1.41. The van der Waals surface area contributed by atoms with Crippen molar-refractivity contribution in [2.45, 2.75) is 12.2 Å². The summed E-state index contributed by atoms with van der Waals surface area (Å²) in [4.78, 5) is 12.9. The van der Waals surface area contributed by atoms with Gasteiger partial charge in [0.05, 0.1) is 26.0 Å². The third kappa shape index (κ3) is 4.13. The van der Waals surface area contributed by atoms with Gasteiger partial charge in [0.1, 0.15) is 17.4 Å². The number of morpholine rings is 1. The van der Waals surface area contributed by atoms with E-state index >= 15 is 0 Å². The fourth-order valence-corrected chi connectivity index (χ4v) is 3.44. The molecule has 1 unspecified atom stereocenters. The average Bonchev–Trinajstić information content (AvgIpc) is 3.17. The Bertz CT molecular complexity index is 985. The number of halogens is 3. The standard InChI is InChI=1S/C19H20F3N5O2/c1-28-15-10-12(16(19(20,21)22)27-6-8-29-9-7-27)2-3-14(15)25-18-24-11-13-4-5-23-17(13)26-18/h2-5,10-11,16H,6-9H2,1H3,(H2,23,24,25,26). The van der Waals surface area contributed by atoms with Gasteiger partial charge in [0.25, 0.3) is 0 Å². The molecule has 3 aromatic rings. The van der Waals surface area contributed by atoms with Crippen molar-refractivity contribution in [2.24, 2.45) is 0 Å². The summed E-state index contributed by atoms with van der Waals surface area (Å²) in [5.41, 5.74) is 1.25. The normalized spacial score (nSPS) is 16.7. The Labute approximate surface area is 164 Å². The molecule has 154 valence electrons. The van der Waals surface area contributed by atoms with Crippen LogP contribution in [0.15, 0.2) is 36.7 Å². The molecule has 10 heteroatoms. The van der Waals surface area contributed by atoms with Crippen LogP contribution in [0.5, 0.6) is 5.75 Å². The second-order valence-corrected chi connectivity index (χ2v) is 6.65. The van der Waals surface area contributed by atoms with Crippen molar-refractivity contribution < 1.29 is 22.6 Å². The molecule has 0 radical (unpaired) electrons. The first-order valence-electron chi connectivity index (χ1n) is 9.09. The molecule has 1 atom stereocenters. The Kier molecular flexibility index (Phi) is 5.29. The van der Waals surface area contributed by atoms with E-state index in [2.05, 4.69) is 20.3 Å². The van der Waals surface area contributed by atoms with E-state index in [4.69, 9.17) is 9.47 Å². The Morgan fingerprint density at radius 2 is 2.03 bits per heavy atom. The molecule has 0 aliphatic carbocycles. The van der Waals surface area contributed by atoms with Crippen LogP contribution in [-0.2, 0) is 4.74 Å². The van der Waals surface area contributed by atoms with E-state index in [0.717, 1.165) is 5.39 Å². The lowest BCUT2D eigenvalue weighted by molar-refractivity contribution is -0.194. The first-order chi connectivity index (χ1) is 14.0. The SMILES string of the molecule is COc1cc(C(N2CCOCC2)C(F)(F)F)ccc1Nc1ncc2cc[nH]c2n1. The molecule has 4 rings (SSSR count). The summed E-state index contributed by atoms with van der Waals surface area (Å²) < 4.78 is 52.0. The van der Waals surface area contributed by atoms with Crippen LogP contribution in [-0.4, -0.2) is 59.4 Å². The van der Waals surface area contributed by atoms with Gasteiger partial charge in [-0.15, -0.1) is 0 Å². The summed E-state index contributed by atoms with van der Waals surface area (Å²) in [6, 6.07) is 4.53. The molecule has 1 aliphatic heterocycles. The van der Waals surface area contributed by atoms with E-state index in [9.17, 15) is 13.2 Å². The largest absolute Gasteiger partial charge is 0.495 e. The zero-order valence-corrected chi connectivity index (χ0v) is 15.7. The van der Waals surface area contributed by atoms with Gasteiger partial charge in [-0.25, -0.2) is 4.98 Å². The van der Waals surface area contributed by atoms with Crippen molar-refractivity contribution in [3.8, 4) is 5.75 Å². The topological polar surface area (TPSA) is 75.3 Å². The Balaban J connectivity index is 1.63. The number of nitrogens with zero attached hydrogens (tertiary/aromatic N) is 3. The van der Waals surface area contributed by atoms with Gasteiger partial charge >= 0.3 is 6.18 Å². The highest BCUT2D eigenvalue weighted by atomic mass is 19.4. The maximum absolute atomic E-state index is 13.8. The fraction of sp³-hybridized carbons (Fsp3) is 0.368. The van der Waals surface area contributed by atoms with Crippen LogP contribution in [0.3, 0.4) is 0 Å². The lowest BCUT2D eigenvalue weighted by Crippen LogP contribution is -2.44. The van der Waals surface area contributed by atoms with E-state index < -0.39 is 12.2 Å². The lowest BCUT2D eigenvalue weighted by atomic mass is 10.0. The number of aromatic nitrogens is 3. The number of anilines is 2. The number of nitrogens with one attached hydrogen (secondary N) is 2. The summed E-state index contributed by atoms with van der Waals surface area (Å²) in [6.07, 6.45) is -1.01. The molecule has 3 heterocycles. The van der Waals surface area contributed by atoms with Gasteiger partial charge in [-0.1, -0.05) is 6.07 Å². The van der Waals surface area contributed by atoms with Crippen molar-refractivity contribution in [2.75, 3.05) is 38.7 Å². The number of hydrogen-bond acceptors (Lipinski definition) is 6. The Morgan fingerprint density at radius 1 is 1.24 bits per heavy atom. The number of ether oxygens (including phenoxy) is 2. The maximum Gasteiger partial charge on any atom is 0.408 e. The molecular formula is C19H20F3N5O2. The van der Waals surface area contributed by atoms with Gasteiger partial charge < -0.3 is 19.8 Å². The number of benzene rings is 1. The van der Waals surface area contributed by atoms with Gasteiger partial charge in [0.15, 0.2) is 0 Å². The summed E-state index contributed by atoms with van der Waals surface area (Å²) >= 11 is 0. The third-order valence-electron chi connectivity index (χ3n) is 4.81. The number of aromatic amines is 1. The highest BCUT2D eigenvalue weighted by Crippen LogP contribution is 2.40. The van der Waals surface area contributed by atoms with Crippen LogP contribution in [0.4, 0.5) is 24.8 Å². The monoisotopic (exact) mass is 407 g/mol. The number of hydrogen-bond donors (Lipinski definition) is 2. The van der Waals surface area contributed by atoms with E-state index in [-0.39, 0.29) is 37.6 Å². The molecule has 1 aromatic carbocycles. The van der Waals surface area contributed by atoms with E-state index in [1.807, 2.05) is 6.07 Å². The zero-order chi connectivity index (χ0) is 20.4. The summed E-state index contributed by atoms with van der Waals surface area (Å²) in [5.74, 6) is 0.590. The molecule has 0 amide bonds. The van der Waals surface area contributed by atoms with E-state index in [1.54, 1.807) is 18.5 Å². The third-order valence-corrected chi connectivity index (χ3v) is 4.81. The van der Waals surface area contributed by atoms with Crippen molar-refractivity contribution in [1.82, 2.24) is 19.9 Å². The molecule has 0 bridgehead atoms. The first kappa shape index (κ1) is 19.5. The summed E-state index contributed by atoms with van der Waals surface area (Å²) in [6.45, 7) is 0.997. The fourth-order valence-electron chi connectivity index (χ4n) is 3.44. The van der Waals surface area contributed by atoms with E-state index in [0.29, 0.717) is 17.3 Å². The molecule has 1 saturated heterocycles. The molecule has 1 aliphatic rings. The number of rotatable bonds is 5. The minimum Gasteiger partial charge on any atom is -0.495 e. The van der Waals surface area contributed by atoms with Gasteiger partial charge in [-0.05, 0) is 23.8 Å². The van der Waals surface area contributed by atoms with Crippen LogP contribution in [0.25, 0.3) is 11.0 Å². The molecule has 1 fully saturated rings. The quantitative estimate of drug-likeness (QED) is 0.673. The molecule has 0 saturated carbocycles. The molecular weight excluding hydrogens is 387 g/mol. The van der Waals surface area contributed by atoms with Gasteiger partial charge in [-0.3, -0.25) is 4.90 Å². The number of fused-ring (bicyclic) bond motifs is 1. The maximum atomic E-state index is 13.8. The van der Waals surface area contributed by atoms with Crippen molar-refractivity contribution in [1.29, 1.82) is 0 Å². The zero-order valence-electron chi connectivity index (χ0n) is 15.7. The predicted molar refractivity (Wildman–Crippen MR) is 101 cm³/mol. The highest BCUT2D eigenvalue weighted by Gasteiger charge is 2.45. The lowest BCUT2D eigenvalue weighted by Gasteiger charge is -2.36. The number of alkyl halides is 3. The van der Waals surface area contributed by atoms with Crippen molar-refractivity contribution >= 4 is 22.7 Å². The van der Waals surface area contributed by atoms with Crippen LogP contribution < -0.4 is 10.1 Å². The first-order valence-corrected chi connectivity index (χ1v) is 9.09. The minimum atomic E-state index is -4.42. The van der Waals surface area contributed by atoms with Crippen LogP contribution >= 0.6 is 0 Å². The molecule has 2 aromatic heterocycles. The second kappa shape index (κ2) is 7.88. The highest BCUT2D eigenvalue weighted by molar-refractivity contribution is 5.76. The molecule has 7 nitrogen and oxygen atoms in total. The van der Waals surface area contributed by atoms with Crippen LogP contribution in [0.1, 0.15) is 11.6 Å². The number of H-pyrrole nitrogens is 1. The van der Waals surface area contributed by atoms with Crippen molar-refractivity contribution in [3.63, 3.8) is 0 Å². The Morgan fingerprint density at radius 3 is 2.76 bits per heavy atom. The van der Waals surface area contributed by atoms with Gasteiger partial charge in [0, 0.05) is 30.9 Å². The molecule has 2 N–H and O–H groups in total. The smallest absolute Gasteiger partial charge is 0.408 e. The number of methoxy groups -OCH3 is 1. The molecule has 0 spiro atoms. The minimum absolute atomic E-state index is 0.113.